The summed E-state index contributed by atoms with van der Waals surface area (Å²) < 4.78 is 5.50. The number of anilines is 1. The van der Waals surface area contributed by atoms with Gasteiger partial charge in [-0.05, 0) is 31.1 Å². The molecule has 1 heterocycles. The van der Waals surface area contributed by atoms with E-state index in [1.165, 1.54) is 30.4 Å². The van der Waals surface area contributed by atoms with Gasteiger partial charge in [-0.3, -0.25) is 4.79 Å². The van der Waals surface area contributed by atoms with E-state index in [0.29, 0.717) is 30.9 Å². The smallest absolute Gasteiger partial charge is 0.342 e. The van der Waals surface area contributed by atoms with Gasteiger partial charge < -0.3 is 35.8 Å². The van der Waals surface area contributed by atoms with Crippen LogP contribution in [-0.4, -0.2) is 76.7 Å². The molecule has 0 saturated heterocycles. The zero-order chi connectivity index (χ0) is 23.7. The second-order valence-corrected chi connectivity index (χ2v) is 7.74. The average Bonchev–Trinajstić information content (AvgIpc) is 2.75. The molecular weight excluding hydrogens is 416 g/mol. The van der Waals surface area contributed by atoms with E-state index in [4.69, 9.17) is 9.84 Å². The van der Waals surface area contributed by atoms with Crippen LogP contribution in [0.15, 0.2) is 30.4 Å². The van der Waals surface area contributed by atoms with E-state index in [0.717, 1.165) is 0 Å². The molecule has 1 aliphatic rings. The molecule has 1 aliphatic heterocycles. The summed E-state index contributed by atoms with van der Waals surface area (Å²) in [6.45, 7) is 5.00. The lowest BCUT2D eigenvalue weighted by Gasteiger charge is -2.20. The van der Waals surface area contributed by atoms with Crippen molar-refractivity contribution in [2.75, 3.05) is 31.6 Å². The van der Waals surface area contributed by atoms with Gasteiger partial charge in [0, 0.05) is 37.3 Å². The molecule has 2 rings (SSSR count). The molecule has 0 bridgehead atoms. The number of aromatic hydroxyl groups is 1. The Hall–Kier alpha value is -2.72. The van der Waals surface area contributed by atoms with E-state index in [2.05, 4.69) is 10.6 Å². The van der Waals surface area contributed by atoms with Gasteiger partial charge in [0.25, 0.3) is 0 Å². The minimum absolute atomic E-state index is 0.0172. The Kier molecular flexibility index (Phi) is 9.86. The fourth-order valence-electron chi connectivity index (χ4n) is 3.09. The van der Waals surface area contributed by atoms with Gasteiger partial charge in [-0.15, -0.1) is 0 Å². The van der Waals surface area contributed by atoms with Crippen LogP contribution in [0.5, 0.6) is 5.75 Å². The minimum Gasteiger partial charge on any atom is -0.507 e. The van der Waals surface area contributed by atoms with Crippen LogP contribution in [0.2, 0.25) is 0 Å². The molecule has 0 spiro atoms. The molecule has 4 atom stereocenters. The molecule has 32 heavy (non-hydrogen) atoms. The first-order valence-corrected chi connectivity index (χ1v) is 10.6. The highest BCUT2D eigenvalue weighted by molar-refractivity contribution is 5.97. The largest absolute Gasteiger partial charge is 0.507 e. The summed E-state index contributed by atoms with van der Waals surface area (Å²) in [7, 11) is 0. The van der Waals surface area contributed by atoms with Crippen LogP contribution in [0.3, 0.4) is 0 Å². The fraction of sp³-hybridized carbons (Fsp3) is 0.478. The molecule has 0 radical (unpaired) electrons. The summed E-state index contributed by atoms with van der Waals surface area (Å²) in [5, 5.41) is 45.7. The number of phenolic OH excluding ortho intramolecular Hbond substituents is 1. The third-order valence-corrected chi connectivity index (χ3v) is 5.20. The number of hydrogen-bond acceptors (Lipinski definition) is 9. The van der Waals surface area contributed by atoms with Gasteiger partial charge in [0.2, 0.25) is 0 Å². The molecule has 9 heteroatoms. The van der Waals surface area contributed by atoms with Gasteiger partial charge in [-0.25, -0.2) is 4.79 Å². The normalized spacial score (nSPS) is 26.5. The molecule has 6 N–H and O–H groups in total. The van der Waals surface area contributed by atoms with Crippen molar-refractivity contribution >= 4 is 23.5 Å². The third kappa shape index (κ3) is 7.16. The number of nitrogens with one attached hydrogen (secondary N) is 2. The highest BCUT2D eigenvalue weighted by atomic mass is 16.5. The number of ketones is 1. The fourth-order valence-corrected chi connectivity index (χ4v) is 3.09. The SMILES string of the molecule is C[C@@H]1/C=C/C(=O)[C@H](O)[C@@H](O)C/C=C/c2cc(NCCNCCO)cc(O)c2C(=O)O[C@H]1C. The number of aliphatic hydroxyl groups excluding tert-OH is 3. The van der Waals surface area contributed by atoms with Crippen LogP contribution in [0.1, 0.15) is 36.2 Å². The molecule has 1 aromatic rings. The molecular formula is C23H32N2O7. The zero-order valence-electron chi connectivity index (χ0n) is 18.3. The Bertz CT molecular complexity index is 853. The highest BCUT2D eigenvalue weighted by Gasteiger charge is 2.25. The number of benzene rings is 1. The minimum atomic E-state index is -1.57. The Morgan fingerprint density at radius 2 is 1.84 bits per heavy atom. The molecule has 176 valence electrons. The Morgan fingerprint density at radius 1 is 1.09 bits per heavy atom. The number of carbonyl (C=O) groups is 2. The van der Waals surface area contributed by atoms with Gasteiger partial charge >= 0.3 is 5.97 Å². The molecule has 0 aliphatic carbocycles. The van der Waals surface area contributed by atoms with Crippen LogP contribution >= 0.6 is 0 Å². The number of cyclic esters (lactones) is 1. The maximum absolute atomic E-state index is 12.8. The number of ether oxygens (including phenoxy) is 1. The van der Waals surface area contributed by atoms with E-state index >= 15 is 0 Å². The number of hydrogen-bond donors (Lipinski definition) is 6. The van der Waals surface area contributed by atoms with Crippen molar-refractivity contribution in [2.45, 2.75) is 38.6 Å². The van der Waals surface area contributed by atoms with Crippen LogP contribution in [0, 0.1) is 5.92 Å². The number of fused-ring (bicyclic) bond motifs is 1. The molecule has 9 nitrogen and oxygen atoms in total. The van der Waals surface area contributed by atoms with Gasteiger partial charge in [0.1, 0.15) is 23.5 Å². The molecule has 0 aromatic heterocycles. The summed E-state index contributed by atoms with van der Waals surface area (Å²) in [4.78, 5) is 24.9. The van der Waals surface area contributed by atoms with Gasteiger partial charge in [0.15, 0.2) is 5.78 Å². The summed E-state index contributed by atoms with van der Waals surface area (Å²) in [6.07, 6.45) is 2.20. The monoisotopic (exact) mass is 448 g/mol. The van der Waals surface area contributed by atoms with Gasteiger partial charge in [-0.2, -0.15) is 0 Å². The van der Waals surface area contributed by atoms with Crippen LogP contribution in [0.25, 0.3) is 6.08 Å². The third-order valence-electron chi connectivity index (χ3n) is 5.20. The van der Waals surface area contributed by atoms with Crippen molar-refractivity contribution in [3.05, 3.63) is 41.5 Å². The summed E-state index contributed by atoms with van der Waals surface area (Å²) in [5.74, 6) is -1.95. The predicted molar refractivity (Wildman–Crippen MR) is 120 cm³/mol. The van der Waals surface area contributed by atoms with Crippen molar-refractivity contribution in [3.63, 3.8) is 0 Å². The molecule has 0 fully saturated rings. The lowest BCUT2D eigenvalue weighted by Crippen LogP contribution is -2.32. The Labute approximate surface area is 187 Å². The van der Waals surface area contributed by atoms with E-state index in [1.807, 2.05) is 0 Å². The molecule has 0 amide bonds. The summed E-state index contributed by atoms with van der Waals surface area (Å²) in [6, 6.07) is 3.08. The maximum atomic E-state index is 12.8. The van der Waals surface area contributed by atoms with E-state index in [9.17, 15) is 24.9 Å². The van der Waals surface area contributed by atoms with Crippen molar-refractivity contribution < 1.29 is 34.8 Å². The number of aliphatic hydroxyl groups is 3. The Morgan fingerprint density at radius 3 is 2.56 bits per heavy atom. The Balaban J connectivity index is 2.35. The molecule has 0 unspecified atom stereocenters. The van der Waals surface area contributed by atoms with E-state index < -0.39 is 30.1 Å². The van der Waals surface area contributed by atoms with Gasteiger partial charge in [0.05, 0.1) is 12.7 Å². The van der Waals surface area contributed by atoms with Crippen molar-refractivity contribution in [2.24, 2.45) is 5.92 Å². The summed E-state index contributed by atoms with van der Waals surface area (Å²) in [5.41, 5.74) is 0.906. The van der Waals surface area contributed by atoms with E-state index in [-0.39, 0.29) is 30.3 Å². The number of rotatable bonds is 6. The maximum Gasteiger partial charge on any atom is 0.342 e. The quantitative estimate of drug-likeness (QED) is 0.275. The predicted octanol–water partition coefficient (Wildman–Crippen LogP) is 0.831. The first-order chi connectivity index (χ1) is 15.2. The highest BCUT2D eigenvalue weighted by Crippen LogP contribution is 2.29. The first kappa shape index (κ1) is 25.5. The zero-order valence-corrected chi connectivity index (χ0v) is 18.3. The van der Waals surface area contributed by atoms with Crippen LogP contribution < -0.4 is 10.6 Å². The van der Waals surface area contributed by atoms with Gasteiger partial charge in [-0.1, -0.05) is 25.2 Å². The summed E-state index contributed by atoms with van der Waals surface area (Å²) >= 11 is 0. The second-order valence-electron chi connectivity index (χ2n) is 7.74. The van der Waals surface area contributed by atoms with Crippen molar-refractivity contribution in [1.29, 1.82) is 0 Å². The second kappa shape index (κ2) is 12.4. The van der Waals surface area contributed by atoms with E-state index in [1.54, 1.807) is 19.9 Å². The molecule has 1 aromatic carbocycles. The topological polar surface area (TPSA) is 148 Å². The average molecular weight is 449 g/mol. The lowest BCUT2D eigenvalue weighted by molar-refractivity contribution is -0.127. The number of esters is 1. The first-order valence-electron chi connectivity index (χ1n) is 10.6. The van der Waals surface area contributed by atoms with Crippen molar-refractivity contribution in [1.82, 2.24) is 5.32 Å². The lowest BCUT2D eigenvalue weighted by atomic mass is 9.99. The van der Waals surface area contributed by atoms with Crippen LogP contribution in [-0.2, 0) is 9.53 Å². The van der Waals surface area contributed by atoms with Crippen LogP contribution in [0.4, 0.5) is 5.69 Å². The molecule has 0 saturated carbocycles. The number of carbonyl (C=O) groups excluding carboxylic acids is 2. The van der Waals surface area contributed by atoms with Crippen molar-refractivity contribution in [3.8, 4) is 5.75 Å². The number of phenols is 1. The standard InChI is InChI=1S/C23H32N2O7/c1-14-6-7-19(28)22(30)18(27)5-3-4-16-12-17(25-9-8-24-10-11-26)13-20(29)21(16)23(31)32-15(14)2/h3-4,6-7,12-15,18,22,24-27,29-30H,5,8-11H2,1-2H3/b4-3+,7-6+/t14-,15+,18+,22-/m1/s1.